The van der Waals surface area contributed by atoms with Crippen molar-refractivity contribution in [2.75, 3.05) is 0 Å². The van der Waals surface area contributed by atoms with E-state index in [2.05, 4.69) is 10.1 Å². The average molecular weight is 175 g/mol. The highest BCUT2D eigenvalue weighted by Gasteiger charge is 2.11. The third-order valence-corrected chi connectivity index (χ3v) is 1.91. The molecule has 2 heterocycles. The van der Waals surface area contributed by atoms with Crippen molar-refractivity contribution < 1.29 is 4.79 Å². The summed E-state index contributed by atoms with van der Waals surface area (Å²) in [5.41, 5.74) is 1.26. The summed E-state index contributed by atoms with van der Waals surface area (Å²) in [6.07, 6.45) is 1.67. The third-order valence-electron chi connectivity index (χ3n) is 1.91. The van der Waals surface area contributed by atoms with Gasteiger partial charge in [0, 0.05) is 13.1 Å². The fourth-order valence-corrected chi connectivity index (χ4v) is 1.33. The van der Waals surface area contributed by atoms with Crippen molar-refractivity contribution in [1.29, 1.82) is 0 Å². The van der Waals surface area contributed by atoms with Crippen LogP contribution in [0.4, 0.5) is 0 Å². The number of aryl methyl sites for hydroxylation is 1. The Bertz CT molecular complexity index is 473. The predicted molar refractivity (Wildman–Crippen MR) is 47.7 cm³/mol. The smallest absolute Gasteiger partial charge is 0.180 e. The summed E-state index contributed by atoms with van der Waals surface area (Å²) in [5.74, 6) is 0.708. The van der Waals surface area contributed by atoms with Crippen molar-refractivity contribution in [3.05, 3.63) is 29.8 Å². The number of carbonyl (C=O) groups is 1. The first-order chi connectivity index (χ1) is 6.20. The Morgan fingerprint density at radius 3 is 3.00 bits per heavy atom. The zero-order chi connectivity index (χ0) is 9.42. The summed E-state index contributed by atoms with van der Waals surface area (Å²) in [7, 11) is 0. The number of imidazole rings is 1. The number of carbonyl (C=O) groups excluding carboxylic acids is 1. The van der Waals surface area contributed by atoms with Crippen LogP contribution in [0, 0.1) is 6.92 Å². The maximum atomic E-state index is 11.2. The lowest BCUT2D eigenvalue weighted by Crippen LogP contribution is -1.94. The van der Waals surface area contributed by atoms with Gasteiger partial charge in [-0.15, -0.1) is 0 Å². The first-order valence-corrected chi connectivity index (χ1v) is 4.01. The van der Waals surface area contributed by atoms with Crippen LogP contribution in [0.5, 0.6) is 0 Å². The lowest BCUT2D eigenvalue weighted by molar-refractivity contribution is 0.101. The summed E-state index contributed by atoms with van der Waals surface area (Å²) >= 11 is 0. The molecule has 0 bridgehead atoms. The lowest BCUT2D eigenvalue weighted by atomic mass is 10.3. The van der Waals surface area contributed by atoms with Crippen molar-refractivity contribution in [2.45, 2.75) is 13.8 Å². The molecule has 0 amide bonds. The third kappa shape index (κ3) is 1.11. The van der Waals surface area contributed by atoms with Gasteiger partial charge in [0.05, 0.1) is 5.52 Å². The minimum absolute atomic E-state index is 0.0291. The predicted octanol–water partition coefficient (Wildman–Crippen LogP) is 1.24. The lowest BCUT2D eigenvalue weighted by Gasteiger charge is -1.92. The molecule has 0 fully saturated rings. The Kier molecular flexibility index (Phi) is 1.62. The van der Waals surface area contributed by atoms with Crippen molar-refractivity contribution in [3.8, 4) is 0 Å². The van der Waals surface area contributed by atoms with Crippen LogP contribution < -0.4 is 0 Å². The van der Waals surface area contributed by atoms with Crippen molar-refractivity contribution in [1.82, 2.24) is 14.6 Å². The van der Waals surface area contributed by atoms with Gasteiger partial charge in [0.2, 0.25) is 0 Å². The molecule has 0 aliphatic heterocycles. The standard InChI is InChI=1S/C9H9N3O/c1-6(13)9-8-4-3-5-10-12(8)7(2)11-9/h3-5H,1-2H3. The highest BCUT2D eigenvalue weighted by molar-refractivity contribution is 5.98. The second kappa shape index (κ2) is 2.65. The van der Waals surface area contributed by atoms with E-state index in [1.54, 1.807) is 16.8 Å². The number of fused-ring (bicyclic) bond motifs is 1. The summed E-state index contributed by atoms with van der Waals surface area (Å²) in [5, 5.41) is 4.09. The van der Waals surface area contributed by atoms with Crippen molar-refractivity contribution >= 4 is 11.3 Å². The van der Waals surface area contributed by atoms with Gasteiger partial charge in [-0.25, -0.2) is 9.50 Å². The average Bonchev–Trinajstić information content (AvgIpc) is 2.45. The van der Waals surface area contributed by atoms with Gasteiger partial charge in [0.1, 0.15) is 11.5 Å². The summed E-state index contributed by atoms with van der Waals surface area (Å²) in [6, 6.07) is 3.63. The Balaban J connectivity index is 2.85. The van der Waals surface area contributed by atoms with Gasteiger partial charge in [-0.05, 0) is 19.1 Å². The Morgan fingerprint density at radius 1 is 1.54 bits per heavy atom. The van der Waals surface area contributed by atoms with Gasteiger partial charge in [0.15, 0.2) is 5.78 Å². The Morgan fingerprint density at radius 2 is 2.31 bits per heavy atom. The number of ketones is 1. The molecule has 0 saturated heterocycles. The molecule has 0 radical (unpaired) electrons. The zero-order valence-electron chi connectivity index (χ0n) is 7.48. The minimum atomic E-state index is -0.0291. The van der Waals surface area contributed by atoms with E-state index in [-0.39, 0.29) is 5.78 Å². The van der Waals surface area contributed by atoms with Crippen LogP contribution in [0.3, 0.4) is 0 Å². The highest BCUT2D eigenvalue weighted by Crippen LogP contribution is 2.10. The maximum Gasteiger partial charge on any atom is 0.180 e. The number of Topliss-reactive ketones (excluding diaryl/α,β-unsaturated/α-hetero) is 1. The fourth-order valence-electron chi connectivity index (χ4n) is 1.33. The normalized spacial score (nSPS) is 10.6. The fraction of sp³-hybridized carbons (Fsp3) is 0.222. The molecule has 0 spiro atoms. The summed E-state index contributed by atoms with van der Waals surface area (Å²) in [4.78, 5) is 15.3. The van der Waals surface area contributed by atoms with Crippen LogP contribution in [0.1, 0.15) is 23.2 Å². The van der Waals surface area contributed by atoms with Crippen LogP contribution in [0.2, 0.25) is 0 Å². The summed E-state index contributed by atoms with van der Waals surface area (Å²) < 4.78 is 1.66. The molecule has 0 atom stereocenters. The van der Waals surface area contributed by atoms with E-state index in [9.17, 15) is 4.79 Å². The monoisotopic (exact) mass is 175 g/mol. The maximum absolute atomic E-state index is 11.2. The highest BCUT2D eigenvalue weighted by atomic mass is 16.1. The molecular weight excluding hydrogens is 166 g/mol. The van der Waals surface area contributed by atoms with Gasteiger partial charge in [-0.2, -0.15) is 5.10 Å². The molecule has 0 N–H and O–H groups in total. The van der Waals surface area contributed by atoms with E-state index in [0.29, 0.717) is 5.69 Å². The molecule has 0 saturated carbocycles. The van der Waals surface area contributed by atoms with E-state index in [1.807, 2.05) is 13.0 Å². The SMILES string of the molecule is CC(=O)c1nc(C)n2ncccc12. The number of hydrogen-bond donors (Lipinski definition) is 0. The first-order valence-electron chi connectivity index (χ1n) is 4.01. The number of aromatic nitrogens is 3. The molecular formula is C9H9N3O. The van der Waals surface area contributed by atoms with Gasteiger partial charge < -0.3 is 0 Å². The van der Waals surface area contributed by atoms with E-state index in [1.165, 1.54) is 6.92 Å². The molecule has 2 aromatic rings. The molecule has 4 heteroatoms. The van der Waals surface area contributed by atoms with Crippen molar-refractivity contribution in [3.63, 3.8) is 0 Å². The number of rotatable bonds is 1. The van der Waals surface area contributed by atoms with Crippen LogP contribution >= 0.6 is 0 Å². The first kappa shape index (κ1) is 7.91. The Hall–Kier alpha value is -1.71. The molecule has 4 nitrogen and oxygen atoms in total. The van der Waals surface area contributed by atoms with Crippen LogP contribution in [-0.2, 0) is 0 Å². The van der Waals surface area contributed by atoms with Crippen LogP contribution in [0.15, 0.2) is 18.3 Å². The van der Waals surface area contributed by atoms with Crippen LogP contribution in [-0.4, -0.2) is 20.4 Å². The largest absolute Gasteiger partial charge is 0.293 e. The number of nitrogens with zero attached hydrogens (tertiary/aromatic N) is 3. The van der Waals surface area contributed by atoms with E-state index in [0.717, 1.165) is 11.3 Å². The van der Waals surface area contributed by atoms with Gasteiger partial charge in [-0.3, -0.25) is 4.79 Å². The second-order valence-electron chi connectivity index (χ2n) is 2.88. The molecule has 0 aliphatic rings. The van der Waals surface area contributed by atoms with Gasteiger partial charge in [-0.1, -0.05) is 0 Å². The molecule has 0 aliphatic carbocycles. The molecule has 66 valence electrons. The zero-order valence-corrected chi connectivity index (χ0v) is 7.48. The topological polar surface area (TPSA) is 47.3 Å². The van der Waals surface area contributed by atoms with Crippen molar-refractivity contribution in [2.24, 2.45) is 0 Å². The van der Waals surface area contributed by atoms with Gasteiger partial charge >= 0.3 is 0 Å². The molecule has 2 rings (SSSR count). The number of hydrogen-bond acceptors (Lipinski definition) is 3. The Labute approximate surface area is 75.2 Å². The molecule has 0 aromatic carbocycles. The second-order valence-corrected chi connectivity index (χ2v) is 2.88. The summed E-state index contributed by atoms with van der Waals surface area (Å²) in [6.45, 7) is 3.33. The van der Waals surface area contributed by atoms with E-state index in [4.69, 9.17) is 0 Å². The van der Waals surface area contributed by atoms with E-state index >= 15 is 0 Å². The quantitative estimate of drug-likeness (QED) is 0.612. The van der Waals surface area contributed by atoms with Crippen LogP contribution in [0.25, 0.3) is 5.52 Å². The molecule has 0 unspecified atom stereocenters. The molecule has 13 heavy (non-hydrogen) atoms. The minimum Gasteiger partial charge on any atom is -0.293 e. The molecule has 2 aromatic heterocycles. The van der Waals surface area contributed by atoms with Gasteiger partial charge in [0.25, 0.3) is 0 Å². The van der Waals surface area contributed by atoms with E-state index < -0.39 is 0 Å².